The molecule has 4 aromatic rings. The highest BCUT2D eigenvalue weighted by Gasteiger charge is 2.47. The fourth-order valence-electron chi connectivity index (χ4n) is 10.7. The highest BCUT2D eigenvalue weighted by atomic mass is 32.2. The second-order valence-corrected chi connectivity index (χ2v) is 27.5. The number of amides is 2. The molecule has 3 aliphatic rings. The maximum Gasteiger partial charge on any atom is 0.335 e. The number of allylic oxidation sites excluding steroid dienone is 4. The molecule has 0 bridgehead atoms. The highest BCUT2D eigenvalue weighted by Crippen LogP contribution is 2.54. The third-order valence-electron chi connectivity index (χ3n) is 14.5. The summed E-state index contributed by atoms with van der Waals surface area (Å²) in [6, 6.07) is 8.45. The fourth-order valence-corrected chi connectivity index (χ4v) is 13.8. The number of anilines is 1. The van der Waals surface area contributed by atoms with Crippen LogP contribution in [0.15, 0.2) is 92.0 Å². The van der Waals surface area contributed by atoms with Gasteiger partial charge in [0.2, 0.25) is 5.69 Å². The third kappa shape index (κ3) is 15.9. The van der Waals surface area contributed by atoms with E-state index in [0.29, 0.717) is 45.5 Å². The number of fused-ring (bicyclic) bond motifs is 6. The summed E-state index contributed by atoms with van der Waals surface area (Å²) in [5.74, 6) is -2.80. The lowest BCUT2D eigenvalue weighted by atomic mass is 9.75. The zero-order valence-corrected chi connectivity index (χ0v) is 51.0. The number of carbonyl (C=O) groups is 3. The summed E-state index contributed by atoms with van der Waals surface area (Å²) < 4.78 is 222. The smallest absolute Gasteiger partial charge is 0.335 e. The Balaban J connectivity index is 1.12. The Kier molecular flexibility index (Phi) is 21.5. The molecule has 3 heterocycles. The number of hydroxylamine groups is 2. The number of ether oxygens (including phenoxy) is 6. The largest absolute Gasteiger partial charge is 0.748 e. The van der Waals surface area contributed by atoms with Crippen molar-refractivity contribution in [3.05, 3.63) is 83.6 Å². The van der Waals surface area contributed by atoms with Crippen LogP contribution in [0.3, 0.4) is 0 Å². The Morgan fingerprint density at radius 2 is 1.10 bits per heavy atom. The monoisotopic (exact) mass is 1300 g/mol. The Bertz CT molecular complexity index is 3960. The van der Waals surface area contributed by atoms with Crippen molar-refractivity contribution in [1.82, 2.24) is 5.06 Å². The summed E-state index contributed by atoms with van der Waals surface area (Å²) in [4.78, 5) is 37.5. The molecule has 1 atom stereocenters. The second kappa shape index (κ2) is 27.3. The minimum absolute atomic E-state index is 0.0151. The Labute approximate surface area is 496 Å². The molecular weight excluding hydrogens is 1240 g/mol. The molecule has 1 fully saturated rings. The molecule has 1 saturated heterocycles. The van der Waals surface area contributed by atoms with Crippen LogP contribution in [0.5, 0.6) is 0 Å². The molecule has 28 nitrogen and oxygen atoms in total. The number of carbonyl (C=O) groups excluding carboxylic acids is 3. The third-order valence-corrected chi connectivity index (χ3v) is 18.6. The van der Waals surface area contributed by atoms with Crippen molar-refractivity contribution in [3.8, 4) is 0 Å². The first-order valence-corrected chi connectivity index (χ1v) is 33.7. The van der Waals surface area contributed by atoms with E-state index in [1.54, 1.807) is 48.5 Å². The number of rotatable bonds is 32. The molecular formula is C53H61N3O25S5-4. The molecule has 0 aliphatic carbocycles. The van der Waals surface area contributed by atoms with E-state index in [1.165, 1.54) is 31.4 Å². The molecule has 0 radical (unpaired) electrons. The van der Waals surface area contributed by atoms with Gasteiger partial charge in [0.25, 0.3) is 11.8 Å². The van der Waals surface area contributed by atoms with Gasteiger partial charge in [-0.2, -0.15) is 4.58 Å². The first-order chi connectivity index (χ1) is 40.2. The van der Waals surface area contributed by atoms with Crippen molar-refractivity contribution in [1.29, 1.82) is 0 Å². The second-order valence-electron chi connectivity index (χ2n) is 20.5. The fraction of sp³-hybridized carbons (Fsp3) is 0.472. The van der Waals surface area contributed by atoms with Gasteiger partial charge >= 0.3 is 5.97 Å². The van der Waals surface area contributed by atoms with Crippen LogP contribution in [0.2, 0.25) is 0 Å². The number of nitrogens with zero attached hydrogens (tertiary/aromatic N) is 3. The van der Waals surface area contributed by atoms with Gasteiger partial charge in [-0.15, -0.1) is 5.06 Å². The van der Waals surface area contributed by atoms with Crippen LogP contribution < -0.4 is 4.90 Å². The quantitative estimate of drug-likeness (QED) is 0.0293. The van der Waals surface area contributed by atoms with E-state index in [-0.39, 0.29) is 145 Å². The van der Waals surface area contributed by atoms with Gasteiger partial charge in [-0.3, -0.25) is 9.59 Å². The van der Waals surface area contributed by atoms with Crippen molar-refractivity contribution < 1.29 is 117 Å². The average molecular weight is 1300 g/mol. The lowest BCUT2D eigenvalue weighted by Crippen LogP contribution is -2.32. The number of hydrogen-bond acceptors (Lipinski definition) is 26. The molecule has 0 N–H and O–H groups in total. The first-order valence-electron chi connectivity index (χ1n) is 26.5. The molecule has 1 unspecified atom stereocenters. The first kappa shape index (κ1) is 67.8. The molecule has 2 amide bonds. The van der Waals surface area contributed by atoms with Crippen LogP contribution >= 0.6 is 0 Å². The van der Waals surface area contributed by atoms with E-state index in [2.05, 4.69) is 0 Å². The van der Waals surface area contributed by atoms with Gasteiger partial charge in [-0.1, -0.05) is 12.1 Å². The predicted molar refractivity (Wildman–Crippen MR) is 296 cm³/mol. The molecule has 3 aliphatic heterocycles. The van der Waals surface area contributed by atoms with Gasteiger partial charge in [0.15, 0.2) is 12.3 Å². The van der Waals surface area contributed by atoms with Crippen molar-refractivity contribution in [3.63, 3.8) is 0 Å². The van der Waals surface area contributed by atoms with Crippen LogP contribution in [0.25, 0.3) is 21.5 Å². The van der Waals surface area contributed by atoms with Crippen LogP contribution in [-0.2, 0) is 109 Å². The van der Waals surface area contributed by atoms with Crippen LogP contribution in [0, 0.1) is 0 Å². The van der Waals surface area contributed by atoms with E-state index in [9.17, 15) is 79.2 Å². The van der Waals surface area contributed by atoms with Gasteiger partial charge < -0.3 is 60.9 Å². The zero-order chi connectivity index (χ0) is 63.2. The van der Waals surface area contributed by atoms with Crippen molar-refractivity contribution in [2.24, 2.45) is 0 Å². The summed E-state index contributed by atoms with van der Waals surface area (Å²) in [5.41, 5.74) is -0.662. The Morgan fingerprint density at radius 3 is 1.59 bits per heavy atom. The van der Waals surface area contributed by atoms with E-state index >= 15 is 0 Å². The Hall–Kier alpha value is -5.73. The lowest BCUT2D eigenvalue weighted by Gasteiger charge is -2.31. The van der Waals surface area contributed by atoms with Gasteiger partial charge in [0.1, 0.15) is 47.1 Å². The van der Waals surface area contributed by atoms with Crippen molar-refractivity contribution in [2.75, 3.05) is 104 Å². The van der Waals surface area contributed by atoms with E-state index < -0.39 is 105 Å². The summed E-state index contributed by atoms with van der Waals surface area (Å²) >= 11 is 0. The van der Waals surface area contributed by atoms with Gasteiger partial charge in [-0.25, -0.2) is 46.9 Å². The van der Waals surface area contributed by atoms with Gasteiger partial charge in [0, 0.05) is 72.1 Å². The molecule has 0 spiro atoms. The van der Waals surface area contributed by atoms with Gasteiger partial charge in [0.05, 0.1) is 108 Å². The molecule has 4 aromatic carbocycles. The molecule has 7 rings (SSSR count). The number of benzene rings is 4. The highest BCUT2D eigenvalue weighted by molar-refractivity contribution is 7.87. The average Bonchev–Trinajstić information content (AvgIpc) is 1.52. The normalized spacial score (nSPS) is 18.0. The molecule has 0 aromatic heterocycles. The van der Waals surface area contributed by atoms with E-state index in [0.717, 1.165) is 12.1 Å². The lowest BCUT2D eigenvalue weighted by molar-refractivity contribution is -0.442. The minimum atomic E-state index is -5.44. The standard InChI is InChI=1S/C53H65N3O25S5/c1-52(2)45(7-5-8-46-53(3,16-6-30-82(60,61)62)51-40-32-36(84(66,67)68)34-44(86(72,73)74)38(40)10-12-42(51)55(46)17-20-75-4)54(41-11-9-37-39(50(41)52)31-35(83(63,64)65)33-43(37)85(69,70)71)18-21-77-23-25-79-27-29-80-28-26-78-24-22-76-19-15-49(59)81-56-47(57)13-14-48(56)58/h5,7-12,31-34H,6,13-30H2,1-4H3,(H4-,60,61,62,63,64,65,66,67,68,69,70,71,72,73,74)/p-4. The van der Waals surface area contributed by atoms with E-state index in [4.69, 9.17) is 33.3 Å². The topological polar surface area (TPSA) is 411 Å². The zero-order valence-electron chi connectivity index (χ0n) is 46.9. The summed E-state index contributed by atoms with van der Waals surface area (Å²) in [7, 11) is -25.0. The summed E-state index contributed by atoms with van der Waals surface area (Å²) in [6.45, 7) is 6.63. The van der Waals surface area contributed by atoms with Crippen molar-refractivity contribution in [2.45, 2.75) is 83.3 Å². The number of imide groups is 1. The van der Waals surface area contributed by atoms with Gasteiger partial charge in [-0.05, 0) is 97.8 Å². The molecule has 472 valence electrons. The molecule has 86 heavy (non-hydrogen) atoms. The predicted octanol–water partition coefficient (Wildman–Crippen LogP) is 2.26. The van der Waals surface area contributed by atoms with Crippen LogP contribution in [0.1, 0.15) is 64.0 Å². The summed E-state index contributed by atoms with van der Waals surface area (Å²) in [6.07, 6.45) is 4.18. The maximum atomic E-state index is 12.7. The van der Waals surface area contributed by atoms with E-state index in [1.807, 2.05) is 0 Å². The maximum absolute atomic E-state index is 12.7. The van der Waals surface area contributed by atoms with Crippen LogP contribution in [0.4, 0.5) is 11.4 Å². The summed E-state index contributed by atoms with van der Waals surface area (Å²) in [5, 5.41) is -0.148. The number of methoxy groups -OCH3 is 1. The van der Waals surface area contributed by atoms with Crippen molar-refractivity contribution >= 4 is 107 Å². The molecule has 33 heteroatoms. The SMILES string of the molecule is COCCN1/C(=C/C=C/C2=[N+](CCOCCOCCOCCOCCOCCC(=O)ON3C(=O)CCC3=O)c3ccc4c(S(=O)(=O)[O-])cc(S(=O)(=O)[O-])cc4c3C2(C)C)C(C)(CCCS(=O)(=O)[O-])c2c1ccc1c(S(=O)(=O)[O-])cc(S(=O)(=O)[O-])cc21. The molecule has 0 saturated carbocycles. The number of hydrogen-bond donors (Lipinski definition) is 0. The van der Waals surface area contributed by atoms with Crippen LogP contribution in [-0.4, -0.2) is 197 Å². The Morgan fingerprint density at radius 1 is 0.616 bits per heavy atom. The minimum Gasteiger partial charge on any atom is -0.748 e.